The number of H-pyrrole nitrogens is 1. The van der Waals surface area contributed by atoms with Crippen molar-refractivity contribution in [3.05, 3.63) is 33.7 Å². The number of hydrogen-bond acceptors (Lipinski definition) is 1. The summed E-state index contributed by atoms with van der Waals surface area (Å²) in [5, 5.41) is 0.656. The van der Waals surface area contributed by atoms with Crippen LogP contribution >= 0.6 is 11.6 Å². The molecule has 18 heavy (non-hydrogen) atoms. The Labute approximate surface area is 111 Å². The van der Waals surface area contributed by atoms with E-state index in [1.807, 2.05) is 22.8 Å². The van der Waals surface area contributed by atoms with Crippen LogP contribution in [0.5, 0.6) is 0 Å². The van der Waals surface area contributed by atoms with E-state index in [2.05, 4.69) is 11.9 Å². The van der Waals surface area contributed by atoms with Crippen LogP contribution in [-0.2, 0) is 0 Å². The average Bonchev–Trinajstić information content (AvgIpc) is 2.68. The van der Waals surface area contributed by atoms with E-state index < -0.39 is 0 Å². The molecular weight excluding hydrogens is 248 g/mol. The number of para-hydroxylation sites is 1. The SMILES string of the molecule is C[C@H]1CCCCC1n1c(=O)[nH]c2cccc(Cl)c21. The molecular formula is C14H17ClN2O. The van der Waals surface area contributed by atoms with Crippen molar-refractivity contribution in [2.75, 3.05) is 0 Å². The van der Waals surface area contributed by atoms with Gasteiger partial charge in [-0.15, -0.1) is 0 Å². The molecule has 4 heteroatoms. The highest BCUT2D eigenvalue weighted by molar-refractivity contribution is 6.34. The first kappa shape index (κ1) is 11.8. The lowest BCUT2D eigenvalue weighted by atomic mass is 9.85. The minimum Gasteiger partial charge on any atom is -0.305 e. The number of halogens is 1. The molecule has 1 fully saturated rings. The molecule has 0 saturated heterocycles. The van der Waals surface area contributed by atoms with Gasteiger partial charge in [0.15, 0.2) is 0 Å². The molecule has 96 valence electrons. The minimum atomic E-state index is -0.0307. The Bertz CT molecular complexity index is 628. The Morgan fingerprint density at radius 2 is 2.11 bits per heavy atom. The van der Waals surface area contributed by atoms with Gasteiger partial charge in [0.05, 0.1) is 16.1 Å². The summed E-state index contributed by atoms with van der Waals surface area (Å²) < 4.78 is 1.88. The van der Waals surface area contributed by atoms with Crippen LogP contribution in [0.1, 0.15) is 38.6 Å². The van der Waals surface area contributed by atoms with E-state index in [4.69, 9.17) is 11.6 Å². The zero-order valence-electron chi connectivity index (χ0n) is 10.4. The third kappa shape index (κ3) is 1.77. The van der Waals surface area contributed by atoms with Crippen LogP contribution in [0.3, 0.4) is 0 Å². The summed E-state index contributed by atoms with van der Waals surface area (Å²) in [5.74, 6) is 0.534. The summed E-state index contributed by atoms with van der Waals surface area (Å²) in [7, 11) is 0. The van der Waals surface area contributed by atoms with Crippen LogP contribution < -0.4 is 5.69 Å². The Kier molecular flexibility index (Phi) is 2.94. The van der Waals surface area contributed by atoms with Gasteiger partial charge in [-0.05, 0) is 30.9 Å². The highest BCUT2D eigenvalue weighted by Gasteiger charge is 2.26. The monoisotopic (exact) mass is 264 g/mol. The second-order valence-electron chi connectivity index (χ2n) is 5.27. The van der Waals surface area contributed by atoms with E-state index >= 15 is 0 Å². The number of benzene rings is 1. The topological polar surface area (TPSA) is 37.8 Å². The predicted molar refractivity (Wildman–Crippen MR) is 74.2 cm³/mol. The first-order valence-electron chi connectivity index (χ1n) is 6.57. The smallest absolute Gasteiger partial charge is 0.305 e. The molecule has 0 amide bonds. The Hall–Kier alpha value is -1.22. The molecule has 1 saturated carbocycles. The van der Waals surface area contributed by atoms with Gasteiger partial charge in [0.25, 0.3) is 0 Å². The van der Waals surface area contributed by atoms with Gasteiger partial charge < -0.3 is 4.98 Å². The molecule has 3 nitrogen and oxygen atoms in total. The molecule has 1 N–H and O–H groups in total. The maximum Gasteiger partial charge on any atom is 0.326 e. The molecule has 1 aliphatic carbocycles. The number of nitrogens with one attached hydrogen (secondary N) is 1. The van der Waals surface area contributed by atoms with Crippen molar-refractivity contribution in [3.63, 3.8) is 0 Å². The molecule has 2 aromatic rings. The molecule has 0 spiro atoms. The number of nitrogens with zero attached hydrogens (tertiary/aromatic N) is 1. The van der Waals surface area contributed by atoms with Gasteiger partial charge in [-0.25, -0.2) is 4.79 Å². The van der Waals surface area contributed by atoms with Crippen molar-refractivity contribution in [3.8, 4) is 0 Å². The standard InChI is InChI=1S/C14H17ClN2O/c1-9-5-2-3-8-12(9)17-13-10(15)6-4-7-11(13)16-14(17)18/h4,6-7,9,12H,2-3,5,8H2,1H3,(H,16,18)/t9-,12?/m0/s1. The molecule has 2 atom stereocenters. The lowest BCUT2D eigenvalue weighted by Crippen LogP contribution is -2.29. The van der Waals surface area contributed by atoms with Crippen LogP contribution in [0.15, 0.2) is 23.0 Å². The molecule has 1 aliphatic rings. The normalized spacial score (nSPS) is 24.6. The van der Waals surface area contributed by atoms with E-state index in [0.29, 0.717) is 10.9 Å². The minimum absolute atomic E-state index is 0.0307. The van der Waals surface area contributed by atoms with Crippen molar-refractivity contribution in [2.24, 2.45) is 5.92 Å². The van der Waals surface area contributed by atoms with Crippen LogP contribution in [0.2, 0.25) is 5.02 Å². The van der Waals surface area contributed by atoms with E-state index in [1.54, 1.807) is 0 Å². The summed E-state index contributed by atoms with van der Waals surface area (Å²) in [6, 6.07) is 5.91. The third-order valence-corrected chi connectivity index (χ3v) is 4.39. The van der Waals surface area contributed by atoms with Gasteiger partial charge in [0, 0.05) is 6.04 Å². The summed E-state index contributed by atoms with van der Waals surface area (Å²) in [4.78, 5) is 15.1. The van der Waals surface area contributed by atoms with Crippen molar-refractivity contribution in [2.45, 2.75) is 38.6 Å². The first-order valence-corrected chi connectivity index (χ1v) is 6.95. The number of hydrogen-bond donors (Lipinski definition) is 1. The van der Waals surface area contributed by atoms with Crippen molar-refractivity contribution in [1.82, 2.24) is 9.55 Å². The lowest BCUT2D eigenvalue weighted by molar-refractivity contribution is 0.258. The Morgan fingerprint density at radius 3 is 2.89 bits per heavy atom. The maximum atomic E-state index is 12.2. The quantitative estimate of drug-likeness (QED) is 0.837. The molecule has 1 aromatic heterocycles. The highest BCUT2D eigenvalue weighted by Crippen LogP contribution is 2.35. The Balaban J connectivity index is 2.21. The number of aromatic amines is 1. The lowest BCUT2D eigenvalue weighted by Gasteiger charge is -2.29. The molecule has 3 rings (SSSR count). The molecule has 0 bridgehead atoms. The largest absolute Gasteiger partial charge is 0.326 e. The van der Waals surface area contributed by atoms with Crippen molar-refractivity contribution < 1.29 is 0 Å². The fourth-order valence-electron chi connectivity index (χ4n) is 3.13. The van der Waals surface area contributed by atoms with Crippen molar-refractivity contribution in [1.29, 1.82) is 0 Å². The van der Waals surface area contributed by atoms with Gasteiger partial charge in [0.1, 0.15) is 0 Å². The highest BCUT2D eigenvalue weighted by atomic mass is 35.5. The summed E-state index contributed by atoms with van der Waals surface area (Å²) in [5.41, 5.74) is 1.67. The molecule has 0 aliphatic heterocycles. The molecule has 1 heterocycles. The fraction of sp³-hybridized carbons (Fsp3) is 0.500. The van der Waals surface area contributed by atoms with E-state index in [0.717, 1.165) is 17.5 Å². The predicted octanol–water partition coefficient (Wildman–Crippen LogP) is 3.73. The number of imidazole rings is 1. The number of aromatic nitrogens is 2. The summed E-state index contributed by atoms with van der Waals surface area (Å²) >= 11 is 6.26. The van der Waals surface area contributed by atoms with E-state index in [-0.39, 0.29) is 11.7 Å². The van der Waals surface area contributed by atoms with Gasteiger partial charge >= 0.3 is 5.69 Å². The summed E-state index contributed by atoms with van der Waals surface area (Å²) in [6.07, 6.45) is 4.72. The second kappa shape index (κ2) is 4.47. The molecule has 0 radical (unpaired) electrons. The zero-order valence-corrected chi connectivity index (χ0v) is 11.2. The van der Waals surface area contributed by atoms with Crippen LogP contribution in [0, 0.1) is 5.92 Å². The Morgan fingerprint density at radius 1 is 1.33 bits per heavy atom. The summed E-state index contributed by atoms with van der Waals surface area (Å²) in [6.45, 7) is 2.23. The number of fused-ring (bicyclic) bond motifs is 1. The second-order valence-corrected chi connectivity index (χ2v) is 5.67. The van der Waals surface area contributed by atoms with Gasteiger partial charge in [-0.3, -0.25) is 4.57 Å². The van der Waals surface area contributed by atoms with E-state index in [1.165, 1.54) is 19.3 Å². The van der Waals surface area contributed by atoms with Gasteiger partial charge in [0.2, 0.25) is 0 Å². The van der Waals surface area contributed by atoms with Gasteiger partial charge in [-0.2, -0.15) is 0 Å². The van der Waals surface area contributed by atoms with Crippen LogP contribution in [0.25, 0.3) is 11.0 Å². The van der Waals surface area contributed by atoms with Crippen molar-refractivity contribution >= 4 is 22.6 Å². The number of rotatable bonds is 1. The van der Waals surface area contributed by atoms with Gasteiger partial charge in [-0.1, -0.05) is 37.4 Å². The zero-order chi connectivity index (χ0) is 12.7. The first-order chi connectivity index (χ1) is 8.68. The van der Waals surface area contributed by atoms with E-state index in [9.17, 15) is 4.79 Å². The molecule has 1 unspecified atom stereocenters. The molecule has 1 aromatic carbocycles. The fourth-order valence-corrected chi connectivity index (χ4v) is 3.40. The maximum absolute atomic E-state index is 12.2. The van der Waals surface area contributed by atoms with Crippen LogP contribution in [-0.4, -0.2) is 9.55 Å². The third-order valence-electron chi connectivity index (χ3n) is 4.09. The van der Waals surface area contributed by atoms with Crippen LogP contribution in [0.4, 0.5) is 0 Å². The average molecular weight is 265 g/mol.